The van der Waals surface area contributed by atoms with Gasteiger partial charge in [0.05, 0.1) is 11.6 Å². The van der Waals surface area contributed by atoms with Gasteiger partial charge in [-0.3, -0.25) is 10.2 Å². The molecule has 7 nitrogen and oxygen atoms in total. The topological polar surface area (TPSA) is 83.7 Å². The normalized spacial score (nSPS) is 26.7. The number of anilines is 1. The highest BCUT2D eigenvalue weighted by Gasteiger charge is 2.38. The van der Waals surface area contributed by atoms with E-state index < -0.39 is 0 Å². The number of hydrogen-bond acceptors (Lipinski definition) is 6. The summed E-state index contributed by atoms with van der Waals surface area (Å²) in [4.78, 5) is 12.4. The van der Waals surface area contributed by atoms with Crippen molar-refractivity contribution in [2.24, 2.45) is 5.92 Å². The number of amides is 1. The van der Waals surface area contributed by atoms with Crippen LogP contribution in [0.4, 0.5) is 5.69 Å². The first-order valence-corrected chi connectivity index (χ1v) is 8.34. The number of carbonyl (C=O) groups is 1. The molecule has 25 heavy (non-hydrogen) atoms. The Bertz CT molecular complexity index is 841. The lowest BCUT2D eigenvalue weighted by atomic mass is 9.90. The largest absolute Gasteiger partial charge is 0.454 e. The summed E-state index contributed by atoms with van der Waals surface area (Å²) in [6, 6.07) is 13.6. The highest BCUT2D eigenvalue weighted by Crippen LogP contribution is 2.37. The molecule has 2 aromatic carbocycles. The minimum atomic E-state index is -0.166. The maximum Gasteiger partial charge on any atom is 0.254 e. The second-order valence-corrected chi connectivity index (χ2v) is 6.42. The van der Waals surface area contributed by atoms with Crippen LogP contribution in [0.2, 0.25) is 0 Å². The maximum atomic E-state index is 12.4. The lowest BCUT2D eigenvalue weighted by molar-refractivity contribution is 0.0921. The molecule has 0 aromatic heterocycles. The first kappa shape index (κ1) is 14.6. The minimum absolute atomic E-state index is 0.0394. The standard InChI is InChI=1S/C18H18N4O3/c23-18-11-3-1-2-4-13(11)20-17(21-18)12-8-19-22-16(12)10-5-6-14-15(7-10)25-9-24-14/h1-7,12,16-17,19-20,22H,8-9H2,(H,21,23). The molecule has 3 aliphatic rings. The Kier molecular flexibility index (Phi) is 3.29. The molecule has 0 aliphatic carbocycles. The van der Waals surface area contributed by atoms with Gasteiger partial charge in [0.1, 0.15) is 6.17 Å². The lowest BCUT2D eigenvalue weighted by Crippen LogP contribution is -2.51. The molecule has 5 rings (SSSR count). The summed E-state index contributed by atoms with van der Waals surface area (Å²) < 4.78 is 10.9. The maximum absolute atomic E-state index is 12.4. The summed E-state index contributed by atoms with van der Waals surface area (Å²) in [5.74, 6) is 1.62. The predicted octanol–water partition coefficient (Wildman–Crippen LogP) is 1.36. The van der Waals surface area contributed by atoms with Crippen molar-refractivity contribution in [1.29, 1.82) is 0 Å². The second kappa shape index (κ2) is 5.65. The summed E-state index contributed by atoms with van der Waals surface area (Å²) in [5, 5.41) is 6.53. The fraction of sp³-hybridized carbons (Fsp3) is 0.278. The van der Waals surface area contributed by atoms with Crippen molar-refractivity contribution < 1.29 is 14.3 Å². The third-order valence-corrected chi connectivity index (χ3v) is 4.98. The van der Waals surface area contributed by atoms with Gasteiger partial charge in [0.15, 0.2) is 11.5 Å². The summed E-state index contributed by atoms with van der Waals surface area (Å²) in [6.07, 6.45) is -0.166. The lowest BCUT2D eigenvalue weighted by Gasteiger charge is -2.34. The van der Waals surface area contributed by atoms with Gasteiger partial charge in [-0.2, -0.15) is 0 Å². The molecule has 7 heteroatoms. The van der Waals surface area contributed by atoms with E-state index in [1.54, 1.807) is 0 Å². The molecule has 0 bridgehead atoms. The molecule has 1 saturated heterocycles. The van der Waals surface area contributed by atoms with Gasteiger partial charge in [-0.25, -0.2) is 5.43 Å². The number of benzene rings is 2. The van der Waals surface area contributed by atoms with Gasteiger partial charge < -0.3 is 20.1 Å². The van der Waals surface area contributed by atoms with Crippen LogP contribution in [-0.2, 0) is 0 Å². The Morgan fingerprint density at radius 3 is 2.84 bits per heavy atom. The molecule has 3 aliphatic heterocycles. The van der Waals surface area contributed by atoms with E-state index in [2.05, 4.69) is 21.5 Å². The van der Waals surface area contributed by atoms with E-state index in [-0.39, 0.29) is 30.8 Å². The molecule has 128 valence electrons. The molecular weight excluding hydrogens is 320 g/mol. The number of fused-ring (bicyclic) bond motifs is 2. The van der Waals surface area contributed by atoms with Crippen LogP contribution < -0.4 is 31.0 Å². The van der Waals surface area contributed by atoms with Crippen LogP contribution in [0.5, 0.6) is 11.5 Å². The van der Waals surface area contributed by atoms with Gasteiger partial charge in [0, 0.05) is 18.2 Å². The van der Waals surface area contributed by atoms with E-state index in [4.69, 9.17) is 9.47 Å². The van der Waals surface area contributed by atoms with Crippen molar-refractivity contribution in [1.82, 2.24) is 16.2 Å². The van der Waals surface area contributed by atoms with Crippen LogP contribution in [0.3, 0.4) is 0 Å². The molecule has 3 heterocycles. The summed E-state index contributed by atoms with van der Waals surface area (Å²) >= 11 is 0. The Morgan fingerprint density at radius 1 is 1.00 bits per heavy atom. The van der Waals surface area contributed by atoms with Crippen LogP contribution in [0.25, 0.3) is 0 Å². The van der Waals surface area contributed by atoms with Gasteiger partial charge in [0.2, 0.25) is 6.79 Å². The minimum Gasteiger partial charge on any atom is -0.454 e. The average Bonchev–Trinajstić information content (AvgIpc) is 3.30. The zero-order valence-electron chi connectivity index (χ0n) is 13.4. The molecule has 0 saturated carbocycles. The third kappa shape index (κ3) is 2.40. The van der Waals surface area contributed by atoms with Crippen molar-refractivity contribution >= 4 is 11.6 Å². The van der Waals surface area contributed by atoms with Crippen molar-refractivity contribution in [2.45, 2.75) is 12.2 Å². The van der Waals surface area contributed by atoms with Gasteiger partial charge >= 0.3 is 0 Å². The Morgan fingerprint density at radius 2 is 1.88 bits per heavy atom. The molecule has 2 aromatic rings. The number of nitrogens with one attached hydrogen (secondary N) is 4. The van der Waals surface area contributed by atoms with Gasteiger partial charge in [-0.15, -0.1) is 0 Å². The third-order valence-electron chi connectivity index (χ3n) is 4.98. The molecule has 3 atom stereocenters. The van der Waals surface area contributed by atoms with Crippen LogP contribution in [0.15, 0.2) is 42.5 Å². The van der Waals surface area contributed by atoms with Crippen LogP contribution in [0.1, 0.15) is 22.0 Å². The van der Waals surface area contributed by atoms with Crippen molar-refractivity contribution in [3.8, 4) is 11.5 Å². The molecular formula is C18H18N4O3. The van der Waals surface area contributed by atoms with Gasteiger partial charge in [0.25, 0.3) is 5.91 Å². The number of hydrazine groups is 1. The summed E-state index contributed by atoms with van der Waals surface area (Å²) in [6.45, 7) is 0.995. The van der Waals surface area contributed by atoms with E-state index in [9.17, 15) is 4.79 Å². The second-order valence-electron chi connectivity index (χ2n) is 6.42. The highest BCUT2D eigenvalue weighted by molar-refractivity contribution is 6.01. The number of carbonyl (C=O) groups excluding carboxylic acids is 1. The predicted molar refractivity (Wildman–Crippen MR) is 91.3 cm³/mol. The summed E-state index contributed by atoms with van der Waals surface area (Å²) in [5.41, 5.74) is 9.16. The number of para-hydroxylation sites is 1. The first-order chi connectivity index (χ1) is 12.3. The number of hydrogen-bond donors (Lipinski definition) is 4. The SMILES string of the molecule is O=C1NC(C2CNNC2c2ccc3c(c2)OCO3)Nc2ccccc21. The Balaban J connectivity index is 1.43. The van der Waals surface area contributed by atoms with Crippen molar-refractivity contribution in [2.75, 3.05) is 18.7 Å². The zero-order chi connectivity index (χ0) is 16.8. The average molecular weight is 338 g/mol. The van der Waals surface area contributed by atoms with E-state index in [0.29, 0.717) is 5.56 Å². The first-order valence-electron chi connectivity index (χ1n) is 8.34. The molecule has 1 fully saturated rings. The Labute approximate surface area is 144 Å². The van der Waals surface area contributed by atoms with E-state index >= 15 is 0 Å². The van der Waals surface area contributed by atoms with Gasteiger partial charge in [-0.1, -0.05) is 18.2 Å². The van der Waals surface area contributed by atoms with Crippen LogP contribution in [0, 0.1) is 5.92 Å². The van der Waals surface area contributed by atoms with Crippen molar-refractivity contribution in [3.05, 3.63) is 53.6 Å². The quantitative estimate of drug-likeness (QED) is 0.662. The number of ether oxygens (including phenoxy) is 2. The zero-order valence-corrected chi connectivity index (χ0v) is 13.4. The molecule has 1 amide bonds. The molecule has 4 N–H and O–H groups in total. The van der Waals surface area contributed by atoms with Gasteiger partial charge in [-0.05, 0) is 29.8 Å². The monoisotopic (exact) mass is 338 g/mol. The van der Waals surface area contributed by atoms with Crippen LogP contribution >= 0.6 is 0 Å². The molecule has 0 spiro atoms. The fourth-order valence-corrected chi connectivity index (χ4v) is 3.70. The number of rotatable bonds is 2. The summed E-state index contributed by atoms with van der Waals surface area (Å²) in [7, 11) is 0. The smallest absolute Gasteiger partial charge is 0.254 e. The van der Waals surface area contributed by atoms with Crippen LogP contribution in [-0.4, -0.2) is 25.4 Å². The fourth-order valence-electron chi connectivity index (χ4n) is 3.70. The highest BCUT2D eigenvalue weighted by atomic mass is 16.7. The Hall–Kier alpha value is -2.77. The van der Waals surface area contributed by atoms with E-state index in [0.717, 1.165) is 29.3 Å². The van der Waals surface area contributed by atoms with E-state index in [1.165, 1.54) is 0 Å². The van der Waals surface area contributed by atoms with E-state index in [1.807, 2.05) is 42.5 Å². The van der Waals surface area contributed by atoms with Crippen molar-refractivity contribution in [3.63, 3.8) is 0 Å². The molecule has 0 radical (unpaired) electrons. The molecule has 3 unspecified atom stereocenters.